The van der Waals surface area contributed by atoms with E-state index in [1.165, 1.54) is 5.56 Å². The largest absolute Gasteiger partial charge is 0.369 e. The normalized spacial score (nSPS) is 16.8. The summed E-state index contributed by atoms with van der Waals surface area (Å²) in [6.07, 6.45) is 3.80. The standard InChI is InChI=1S/C13H14ClN3OS/c14-12-11(7-15-16-13(12)18)17-4-1-9(2-5-17)10-3-6-19-8-10/h3,6-9H,1-2,4-5H2,(H,16,18). The summed E-state index contributed by atoms with van der Waals surface area (Å²) in [6, 6.07) is 2.20. The van der Waals surface area contributed by atoms with Crippen LogP contribution >= 0.6 is 22.9 Å². The summed E-state index contributed by atoms with van der Waals surface area (Å²) >= 11 is 7.78. The van der Waals surface area contributed by atoms with Gasteiger partial charge in [-0.15, -0.1) is 0 Å². The van der Waals surface area contributed by atoms with Crippen LogP contribution in [0.25, 0.3) is 0 Å². The van der Waals surface area contributed by atoms with Gasteiger partial charge in [-0.2, -0.15) is 16.4 Å². The van der Waals surface area contributed by atoms with Gasteiger partial charge >= 0.3 is 0 Å². The number of nitrogens with one attached hydrogen (secondary N) is 1. The molecule has 100 valence electrons. The van der Waals surface area contributed by atoms with E-state index in [0.717, 1.165) is 31.6 Å². The van der Waals surface area contributed by atoms with Crippen LogP contribution < -0.4 is 10.5 Å². The predicted octanol–water partition coefficient (Wildman–Crippen LogP) is 2.87. The van der Waals surface area contributed by atoms with Gasteiger partial charge in [0.1, 0.15) is 5.02 Å². The summed E-state index contributed by atoms with van der Waals surface area (Å²) in [5.41, 5.74) is 1.85. The van der Waals surface area contributed by atoms with Crippen LogP contribution in [0.15, 0.2) is 27.8 Å². The molecule has 3 rings (SSSR count). The topological polar surface area (TPSA) is 49.0 Å². The van der Waals surface area contributed by atoms with Gasteiger partial charge in [0, 0.05) is 13.1 Å². The third-order valence-corrected chi connectivity index (χ3v) is 4.69. The maximum absolute atomic E-state index is 11.5. The van der Waals surface area contributed by atoms with E-state index in [4.69, 9.17) is 11.6 Å². The minimum atomic E-state index is -0.320. The molecule has 0 saturated carbocycles. The number of rotatable bonds is 2. The Bertz CT molecular complexity index is 603. The van der Waals surface area contributed by atoms with E-state index >= 15 is 0 Å². The number of halogens is 1. The summed E-state index contributed by atoms with van der Waals surface area (Å²) in [7, 11) is 0. The number of aromatic amines is 1. The lowest BCUT2D eigenvalue weighted by Gasteiger charge is -2.33. The second-order valence-corrected chi connectivity index (χ2v) is 5.87. The molecule has 0 spiro atoms. The number of hydrogen-bond donors (Lipinski definition) is 1. The Balaban J connectivity index is 1.73. The van der Waals surface area contributed by atoms with Gasteiger partial charge in [0.15, 0.2) is 0 Å². The zero-order valence-corrected chi connectivity index (χ0v) is 11.9. The van der Waals surface area contributed by atoms with Gasteiger partial charge in [0.05, 0.1) is 11.9 Å². The lowest BCUT2D eigenvalue weighted by Crippen LogP contribution is -2.34. The van der Waals surface area contributed by atoms with E-state index in [2.05, 4.69) is 31.9 Å². The van der Waals surface area contributed by atoms with Crippen LogP contribution in [-0.4, -0.2) is 23.3 Å². The van der Waals surface area contributed by atoms with Crippen molar-refractivity contribution in [1.82, 2.24) is 10.2 Å². The van der Waals surface area contributed by atoms with Crippen LogP contribution in [0.5, 0.6) is 0 Å². The average Bonchev–Trinajstić information content (AvgIpc) is 2.96. The van der Waals surface area contributed by atoms with Gasteiger partial charge in [-0.25, -0.2) is 5.10 Å². The minimum Gasteiger partial charge on any atom is -0.369 e. The van der Waals surface area contributed by atoms with E-state index in [1.807, 2.05) is 0 Å². The Morgan fingerprint density at radius 3 is 2.89 bits per heavy atom. The quantitative estimate of drug-likeness (QED) is 0.927. The number of aromatic nitrogens is 2. The van der Waals surface area contributed by atoms with Crippen molar-refractivity contribution >= 4 is 28.6 Å². The van der Waals surface area contributed by atoms with Crippen molar-refractivity contribution < 1.29 is 0 Å². The van der Waals surface area contributed by atoms with Crippen LogP contribution in [-0.2, 0) is 0 Å². The molecule has 4 nitrogen and oxygen atoms in total. The summed E-state index contributed by atoms with van der Waals surface area (Å²) in [6.45, 7) is 1.82. The molecule has 1 N–H and O–H groups in total. The summed E-state index contributed by atoms with van der Waals surface area (Å²) in [4.78, 5) is 13.6. The fourth-order valence-corrected chi connectivity index (χ4v) is 3.51. The second kappa shape index (κ2) is 5.35. The van der Waals surface area contributed by atoms with Crippen molar-refractivity contribution in [2.45, 2.75) is 18.8 Å². The van der Waals surface area contributed by atoms with Crippen molar-refractivity contribution in [2.24, 2.45) is 0 Å². The molecule has 19 heavy (non-hydrogen) atoms. The maximum Gasteiger partial charge on any atom is 0.285 e. The van der Waals surface area contributed by atoms with E-state index in [9.17, 15) is 4.79 Å². The molecule has 0 radical (unpaired) electrons. The second-order valence-electron chi connectivity index (χ2n) is 4.72. The molecule has 1 aliphatic heterocycles. The fraction of sp³-hybridized carbons (Fsp3) is 0.385. The van der Waals surface area contributed by atoms with Gasteiger partial charge in [0.25, 0.3) is 5.56 Å². The molecule has 0 atom stereocenters. The van der Waals surface area contributed by atoms with Crippen LogP contribution in [0.3, 0.4) is 0 Å². The molecule has 3 heterocycles. The van der Waals surface area contributed by atoms with E-state index in [0.29, 0.717) is 5.92 Å². The summed E-state index contributed by atoms with van der Waals surface area (Å²) in [5.74, 6) is 0.622. The first-order chi connectivity index (χ1) is 9.25. The number of nitrogens with zero attached hydrogens (tertiary/aromatic N) is 2. The highest BCUT2D eigenvalue weighted by molar-refractivity contribution is 7.07. The molecule has 6 heteroatoms. The van der Waals surface area contributed by atoms with Gasteiger partial charge < -0.3 is 4.90 Å². The minimum absolute atomic E-state index is 0.240. The summed E-state index contributed by atoms with van der Waals surface area (Å²) < 4.78 is 0. The molecule has 2 aromatic heterocycles. The molecule has 1 saturated heterocycles. The van der Waals surface area contributed by atoms with Gasteiger partial charge in [0.2, 0.25) is 0 Å². The highest BCUT2D eigenvalue weighted by Crippen LogP contribution is 2.32. The molecular weight excluding hydrogens is 282 g/mol. The van der Waals surface area contributed by atoms with Crippen molar-refractivity contribution in [3.8, 4) is 0 Å². The number of anilines is 1. The average molecular weight is 296 g/mol. The van der Waals surface area contributed by atoms with Crippen LogP contribution in [0, 0.1) is 0 Å². The monoisotopic (exact) mass is 295 g/mol. The first kappa shape index (κ1) is 12.7. The molecular formula is C13H14ClN3OS. The first-order valence-electron chi connectivity index (χ1n) is 6.26. The summed E-state index contributed by atoms with van der Waals surface area (Å²) in [5, 5.41) is 10.8. The Hall–Kier alpha value is -1.33. The lowest BCUT2D eigenvalue weighted by atomic mass is 9.91. The number of hydrogen-bond acceptors (Lipinski definition) is 4. The van der Waals surface area contributed by atoms with E-state index in [1.54, 1.807) is 17.5 Å². The van der Waals surface area contributed by atoms with Crippen LogP contribution in [0.2, 0.25) is 5.02 Å². The molecule has 2 aromatic rings. The lowest BCUT2D eigenvalue weighted by molar-refractivity contribution is 0.506. The molecule has 0 amide bonds. The van der Waals surface area contributed by atoms with Gasteiger partial charge in [-0.1, -0.05) is 11.6 Å². The highest BCUT2D eigenvalue weighted by atomic mass is 35.5. The Morgan fingerprint density at radius 2 is 2.21 bits per heavy atom. The SMILES string of the molecule is O=c1[nH]ncc(N2CCC(c3ccsc3)CC2)c1Cl. The number of thiophene rings is 1. The van der Waals surface area contributed by atoms with Crippen molar-refractivity contribution in [3.05, 3.63) is 44.0 Å². The number of H-pyrrole nitrogens is 1. The molecule has 1 aliphatic rings. The smallest absolute Gasteiger partial charge is 0.285 e. The Kier molecular flexibility index (Phi) is 3.57. The molecule has 0 aromatic carbocycles. The Labute approximate surface area is 120 Å². The van der Waals surface area contributed by atoms with Crippen molar-refractivity contribution in [1.29, 1.82) is 0 Å². The zero-order valence-electron chi connectivity index (χ0n) is 10.3. The molecule has 0 unspecified atom stereocenters. The zero-order chi connectivity index (χ0) is 13.2. The van der Waals surface area contributed by atoms with E-state index in [-0.39, 0.29) is 10.6 Å². The molecule has 0 bridgehead atoms. The maximum atomic E-state index is 11.5. The number of piperidine rings is 1. The van der Waals surface area contributed by atoms with Crippen LogP contribution in [0.1, 0.15) is 24.3 Å². The molecule has 0 aliphatic carbocycles. The van der Waals surface area contributed by atoms with Gasteiger partial charge in [-0.05, 0) is 41.1 Å². The Morgan fingerprint density at radius 1 is 1.42 bits per heavy atom. The van der Waals surface area contributed by atoms with Crippen molar-refractivity contribution in [3.63, 3.8) is 0 Å². The third-order valence-electron chi connectivity index (χ3n) is 3.63. The fourth-order valence-electron chi connectivity index (χ4n) is 2.56. The highest BCUT2D eigenvalue weighted by Gasteiger charge is 2.23. The molecule has 1 fully saturated rings. The van der Waals surface area contributed by atoms with E-state index < -0.39 is 0 Å². The van der Waals surface area contributed by atoms with Crippen LogP contribution in [0.4, 0.5) is 5.69 Å². The van der Waals surface area contributed by atoms with Crippen molar-refractivity contribution in [2.75, 3.05) is 18.0 Å². The predicted molar refractivity (Wildman–Crippen MR) is 78.4 cm³/mol. The third kappa shape index (κ3) is 2.53. The van der Waals surface area contributed by atoms with Gasteiger partial charge in [-0.3, -0.25) is 4.79 Å². The first-order valence-corrected chi connectivity index (χ1v) is 7.58.